The Kier molecular flexibility index (Phi) is 3.57. The number of nitrogens with zero attached hydrogens (tertiary/aromatic N) is 1. The molecule has 0 saturated heterocycles. The van der Waals surface area contributed by atoms with E-state index >= 15 is 0 Å². The van der Waals surface area contributed by atoms with Gasteiger partial charge in [-0.2, -0.15) is 0 Å². The lowest BCUT2D eigenvalue weighted by Gasteiger charge is -2.06. The Morgan fingerprint density at radius 1 is 1.12 bits per heavy atom. The zero-order chi connectivity index (χ0) is 11.4. The van der Waals surface area contributed by atoms with Crippen LogP contribution in [-0.2, 0) is 6.54 Å². The molecule has 0 bridgehead atoms. The SMILES string of the molecule is Cc1ccc(CNc2cccc(Br)n2)cc1. The van der Waals surface area contributed by atoms with E-state index in [9.17, 15) is 0 Å². The van der Waals surface area contributed by atoms with Crippen molar-refractivity contribution in [1.29, 1.82) is 0 Å². The molecule has 0 unspecified atom stereocenters. The highest BCUT2D eigenvalue weighted by molar-refractivity contribution is 9.10. The smallest absolute Gasteiger partial charge is 0.127 e. The maximum atomic E-state index is 4.31. The molecule has 0 aliphatic rings. The molecule has 0 amide bonds. The molecule has 0 saturated carbocycles. The van der Waals surface area contributed by atoms with Crippen molar-refractivity contribution in [2.45, 2.75) is 13.5 Å². The standard InChI is InChI=1S/C13H13BrN2/c1-10-5-7-11(8-6-10)9-15-13-4-2-3-12(14)16-13/h2-8H,9H2,1H3,(H,15,16). The second kappa shape index (κ2) is 5.12. The summed E-state index contributed by atoms with van der Waals surface area (Å²) in [6, 6.07) is 14.3. The zero-order valence-electron chi connectivity index (χ0n) is 9.07. The number of aryl methyl sites for hydroxylation is 1. The minimum Gasteiger partial charge on any atom is -0.366 e. The molecule has 0 atom stereocenters. The lowest BCUT2D eigenvalue weighted by Crippen LogP contribution is -2.01. The van der Waals surface area contributed by atoms with Crippen LogP contribution < -0.4 is 5.32 Å². The van der Waals surface area contributed by atoms with Crippen LogP contribution in [0, 0.1) is 6.92 Å². The third-order valence-corrected chi connectivity index (χ3v) is 2.75. The molecule has 2 nitrogen and oxygen atoms in total. The minimum absolute atomic E-state index is 0.795. The lowest BCUT2D eigenvalue weighted by molar-refractivity contribution is 1.10. The Bertz CT molecular complexity index is 466. The van der Waals surface area contributed by atoms with Crippen molar-refractivity contribution in [3.63, 3.8) is 0 Å². The van der Waals surface area contributed by atoms with Crippen LogP contribution >= 0.6 is 15.9 Å². The molecule has 3 heteroatoms. The topological polar surface area (TPSA) is 24.9 Å². The van der Waals surface area contributed by atoms with Gasteiger partial charge in [0, 0.05) is 6.54 Å². The Labute approximate surface area is 104 Å². The first-order valence-corrected chi connectivity index (χ1v) is 5.95. The highest BCUT2D eigenvalue weighted by Crippen LogP contribution is 2.11. The van der Waals surface area contributed by atoms with Gasteiger partial charge in [-0.15, -0.1) is 0 Å². The van der Waals surface area contributed by atoms with Gasteiger partial charge in [-0.1, -0.05) is 35.9 Å². The molecular weight excluding hydrogens is 264 g/mol. The first kappa shape index (κ1) is 11.1. The molecule has 1 aromatic heterocycles. The fraction of sp³-hybridized carbons (Fsp3) is 0.154. The fourth-order valence-electron chi connectivity index (χ4n) is 1.41. The average molecular weight is 277 g/mol. The number of halogens is 1. The van der Waals surface area contributed by atoms with E-state index in [4.69, 9.17) is 0 Å². The maximum absolute atomic E-state index is 4.31. The van der Waals surface area contributed by atoms with Gasteiger partial charge in [0.15, 0.2) is 0 Å². The largest absolute Gasteiger partial charge is 0.366 e. The maximum Gasteiger partial charge on any atom is 0.127 e. The van der Waals surface area contributed by atoms with Gasteiger partial charge in [-0.3, -0.25) is 0 Å². The second-order valence-electron chi connectivity index (χ2n) is 3.68. The molecule has 82 valence electrons. The van der Waals surface area contributed by atoms with E-state index in [-0.39, 0.29) is 0 Å². The van der Waals surface area contributed by atoms with Gasteiger partial charge in [-0.05, 0) is 40.5 Å². The van der Waals surface area contributed by atoms with Crippen LogP contribution in [0.3, 0.4) is 0 Å². The summed E-state index contributed by atoms with van der Waals surface area (Å²) >= 11 is 3.35. The van der Waals surface area contributed by atoms with Crippen LogP contribution in [0.1, 0.15) is 11.1 Å². The third-order valence-electron chi connectivity index (χ3n) is 2.31. The van der Waals surface area contributed by atoms with Crippen LogP contribution in [0.15, 0.2) is 47.1 Å². The minimum atomic E-state index is 0.795. The lowest BCUT2D eigenvalue weighted by atomic mass is 10.1. The number of hydrogen-bond donors (Lipinski definition) is 1. The van der Waals surface area contributed by atoms with Crippen molar-refractivity contribution >= 4 is 21.7 Å². The monoisotopic (exact) mass is 276 g/mol. The van der Waals surface area contributed by atoms with Crippen molar-refractivity contribution < 1.29 is 0 Å². The number of hydrogen-bond acceptors (Lipinski definition) is 2. The molecule has 0 fully saturated rings. The number of rotatable bonds is 3. The van der Waals surface area contributed by atoms with Gasteiger partial charge in [-0.25, -0.2) is 4.98 Å². The summed E-state index contributed by atoms with van der Waals surface area (Å²) in [7, 11) is 0. The number of anilines is 1. The van der Waals surface area contributed by atoms with Crippen molar-refractivity contribution in [1.82, 2.24) is 4.98 Å². The quantitative estimate of drug-likeness (QED) is 0.864. The third kappa shape index (κ3) is 3.07. The molecule has 1 N–H and O–H groups in total. The van der Waals surface area contributed by atoms with Crippen LogP contribution in [0.5, 0.6) is 0 Å². The summed E-state index contributed by atoms with van der Waals surface area (Å²) in [5.41, 5.74) is 2.54. The average Bonchev–Trinajstić information content (AvgIpc) is 2.28. The second-order valence-corrected chi connectivity index (χ2v) is 4.50. The van der Waals surface area contributed by atoms with E-state index in [1.807, 2.05) is 18.2 Å². The van der Waals surface area contributed by atoms with Gasteiger partial charge in [0.25, 0.3) is 0 Å². The summed E-state index contributed by atoms with van der Waals surface area (Å²) in [6.07, 6.45) is 0. The van der Waals surface area contributed by atoms with Crippen LogP contribution in [-0.4, -0.2) is 4.98 Å². The summed E-state index contributed by atoms with van der Waals surface area (Å²) in [6.45, 7) is 2.89. The van der Waals surface area contributed by atoms with Crippen LogP contribution in [0.25, 0.3) is 0 Å². The molecule has 1 aromatic carbocycles. The summed E-state index contributed by atoms with van der Waals surface area (Å²) in [4.78, 5) is 4.31. The van der Waals surface area contributed by atoms with Crippen LogP contribution in [0.2, 0.25) is 0 Å². The van der Waals surface area contributed by atoms with E-state index in [0.29, 0.717) is 0 Å². The Morgan fingerprint density at radius 3 is 2.56 bits per heavy atom. The van der Waals surface area contributed by atoms with Crippen LogP contribution in [0.4, 0.5) is 5.82 Å². The fourth-order valence-corrected chi connectivity index (χ4v) is 1.75. The molecule has 2 rings (SSSR count). The molecule has 2 aromatic rings. The van der Waals surface area contributed by atoms with Crippen molar-refractivity contribution in [3.05, 3.63) is 58.2 Å². The number of nitrogens with one attached hydrogen (secondary N) is 1. The number of aromatic nitrogens is 1. The molecule has 0 aliphatic carbocycles. The first-order valence-electron chi connectivity index (χ1n) is 5.16. The predicted octanol–water partition coefficient (Wildman–Crippen LogP) is 3.76. The number of benzene rings is 1. The summed E-state index contributed by atoms with van der Waals surface area (Å²) < 4.78 is 0.849. The van der Waals surface area contributed by atoms with E-state index in [2.05, 4.69) is 57.4 Å². The van der Waals surface area contributed by atoms with Gasteiger partial charge in [0.05, 0.1) is 0 Å². The van der Waals surface area contributed by atoms with E-state index < -0.39 is 0 Å². The summed E-state index contributed by atoms with van der Waals surface area (Å²) in [5.74, 6) is 0.884. The number of pyridine rings is 1. The molecule has 16 heavy (non-hydrogen) atoms. The van der Waals surface area contributed by atoms with E-state index in [1.165, 1.54) is 11.1 Å². The first-order chi connectivity index (χ1) is 7.74. The molecule has 0 spiro atoms. The van der Waals surface area contributed by atoms with Gasteiger partial charge < -0.3 is 5.32 Å². The van der Waals surface area contributed by atoms with E-state index in [1.54, 1.807) is 0 Å². The summed E-state index contributed by atoms with van der Waals surface area (Å²) in [5, 5.41) is 3.28. The van der Waals surface area contributed by atoms with Crippen molar-refractivity contribution in [2.75, 3.05) is 5.32 Å². The predicted molar refractivity (Wildman–Crippen MR) is 70.4 cm³/mol. The zero-order valence-corrected chi connectivity index (χ0v) is 10.7. The molecule has 0 aliphatic heterocycles. The Hall–Kier alpha value is -1.35. The molecule has 1 heterocycles. The van der Waals surface area contributed by atoms with Crippen molar-refractivity contribution in [3.8, 4) is 0 Å². The Morgan fingerprint density at radius 2 is 1.88 bits per heavy atom. The Balaban J connectivity index is 1.99. The highest BCUT2D eigenvalue weighted by Gasteiger charge is 1.95. The van der Waals surface area contributed by atoms with Crippen molar-refractivity contribution in [2.24, 2.45) is 0 Å². The van der Waals surface area contributed by atoms with Gasteiger partial charge in [0.2, 0.25) is 0 Å². The van der Waals surface area contributed by atoms with Gasteiger partial charge >= 0.3 is 0 Å². The van der Waals surface area contributed by atoms with Gasteiger partial charge in [0.1, 0.15) is 10.4 Å². The molecular formula is C13H13BrN2. The normalized spacial score (nSPS) is 10.1. The highest BCUT2D eigenvalue weighted by atomic mass is 79.9. The molecule has 0 radical (unpaired) electrons. The van der Waals surface area contributed by atoms with E-state index in [0.717, 1.165) is 17.0 Å².